The molecule has 32 heavy (non-hydrogen) atoms. The van der Waals surface area contributed by atoms with Crippen molar-refractivity contribution in [1.82, 2.24) is 0 Å². The van der Waals surface area contributed by atoms with Crippen LogP contribution in [0.3, 0.4) is 0 Å². The van der Waals surface area contributed by atoms with Crippen LogP contribution in [0.15, 0.2) is 92.0 Å². The first-order chi connectivity index (χ1) is 15.5. The van der Waals surface area contributed by atoms with Gasteiger partial charge in [-0.25, -0.2) is 0 Å². The lowest BCUT2D eigenvalue weighted by Crippen LogP contribution is -2.15. The summed E-state index contributed by atoms with van der Waals surface area (Å²) in [5.74, 6) is 0. The molecule has 4 aromatic rings. The lowest BCUT2D eigenvalue weighted by Gasteiger charge is -2.24. The van der Waals surface area contributed by atoms with Crippen LogP contribution in [-0.2, 0) is 5.41 Å². The molecule has 0 fully saturated rings. The highest BCUT2D eigenvalue weighted by Gasteiger charge is 2.37. The van der Waals surface area contributed by atoms with Gasteiger partial charge in [0.25, 0.3) is 0 Å². The summed E-state index contributed by atoms with van der Waals surface area (Å²) in [7, 11) is 0. The van der Waals surface area contributed by atoms with Gasteiger partial charge in [0.1, 0.15) is 0 Å². The van der Waals surface area contributed by atoms with Crippen LogP contribution < -0.4 is 0 Å². The maximum Gasteiger partial charge on any atom is 0.0159 e. The minimum absolute atomic E-state index is 0.0695. The van der Waals surface area contributed by atoms with Gasteiger partial charge < -0.3 is 0 Å². The molecular weight excluding hydrogens is 384 g/mol. The predicted molar refractivity (Wildman–Crippen MR) is 140 cm³/mol. The Kier molecular flexibility index (Phi) is 4.75. The van der Waals surface area contributed by atoms with Crippen molar-refractivity contribution in [3.05, 3.63) is 120 Å². The molecule has 0 spiro atoms. The summed E-state index contributed by atoms with van der Waals surface area (Å²) in [6.45, 7) is 15.2. The van der Waals surface area contributed by atoms with Crippen LogP contribution in [0.2, 0.25) is 0 Å². The van der Waals surface area contributed by atoms with Crippen molar-refractivity contribution in [3.8, 4) is 33.4 Å². The van der Waals surface area contributed by atoms with E-state index in [-0.39, 0.29) is 5.41 Å². The highest BCUT2D eigenvalue weighted by molar-refractivity contribution is 5.95. The molecule has 0 radical (unpaired) electrons. The van der Waals surface area contributed by atoms with Crippen LogP contribution in [0.5, 0.6) is 0 Å². The van der Waals surface area contributed by atoms with Gasteiger partial charge in [-0.15, -0.1) is 0 Å². The minimum Gasteiger partial charge on any atom is -0.0984 e. The molecule has 156 valence electrons. The molecule has 0 amide bonds. The number of benzene rings is 4. The van der Waals surface area contributed by atoms with Crippen molar-refractivity contribution >= 4 is 12.2 Å². The molecule has 0 unspecified atom stereocenters. The van der Waals surface area contributed by atoms with E-state index >= 15 is 0 Å². The molecule has 0 nitrogen and oxygen atoms in total. The number of hydrogen-bond acceptors (Lipinski definition) is 0. The van der Waals surface area contributed by atoms with Crippen molar-refractivity contribution in [2.45, 2.75) is 26.2 Å². The van der Waals surface area contributed by atoms with Crippen molar-refractivity contribution in [2.75, 3.05) is 0 Å². The van der Waals surface area contributed by atoms with E-state index < -0.39 is 0 Å². The van der Waals surface area contributed by atoms with Crippen LogP contribution in [-0.4, -0.2) is 0 Å². The Hall–Kier alpha value is -3.64. The lowest BCUT2D eigenvalue weighted by molar-refractivity contribution is 0.660. The third-order valence-electron chi connectivity index (χ3n) is 6.89. The van der Waals surface area contributed by atoms with Crippen LogP contribution in [0.1, 0.15) is 41.7 Å². The van der Waals surface area contributed by atoms with Gasteiger partial charge in [-0.2, -0.15) is 0 Å². The van der Waals surface area contributed by atoms with Gasteiger partial charge in [0.15, 0.2) is 0 Å². The molecule has 0 heteroatoms. The average molecular weight is 413 g/mol. The van der Waals surface area contributed by atoms with Gasteiger partial charge in [-0.1, -0.05) is 111 Å². The Bertz CT molecular complexity index is 1370. The van der Waals surface area contributed by atoms with Gasteiger partial charge in [0.2, 0.25) is 0 Å². The number of aryl methyl sites for hydroxylation is 1. The normalized spacial score (nSPS) is 13.3. The maximum atomic E-state index is 4.21. The summed E-state index contributed by atoms with van der Waals surface area (Å²) in [4.78, 5) is 0. The van der Waals surface area contributed by atoms with E-state index in [0.717, 1.165) is 5.56 Å². The highest BCUT2D eigenvalue weighted by Crippen LogP contribution is 2.53. The van der Waals surface area contributed by atoms with Crippen molar-refractivity contribution in [1.29, 1.82) is 0 Å². The lowest BCUT2D eigenvalue weighted by atomic mass is 9.79. The second-order valence-electron chi connectivity index (χ2n) is 9.20. The van der Waals surface area contributed by atoms with Gasteiger partial charge in [-0.3, -0.25) is 0 Å². The fraction of sp³-hybridized carbons (Fsp3) is 0.125. The first kappa shape index (κ1) is 20.3. The molecule has 0 bridgehead atoms. The van der Waals surface area contributed by atoms with Crippen LogP contribution >= 0.6 is 0 Å². The fourth-order valence-corrected chi connectivity index (χ4v) is 5.21. The molecule has 0 N–H and O–H groups in total. The molecule has 1 aliphatic carbocycles. The Morgan fingerprint density at radius 1 is 0.625 bits per heavy atom. The van der Waals surface area contributed by atoms with Crippen molar-refractivity contribution < 1.29 is 0 Å². The quantitative estimate of drug-likeness (QED) is 0.314. The Morgan fingerprint density at radius 3 is 2.03 bits per heavy atom. The zero-order valence-corrected chi connectivity index (χ0v) is 19.1. The van der Waals surface area contributed by atoms with E-state index in [9.17, 15) is 0 Å². The summed E-state index contributed by atoms with van der Waals surface area (Å²) in [5.41, 5.74) is 13.8. The molecule has 0 saturated heterocycles. The zero-order valence-electron chi connectivity index (χ0n) is 19.1. The van der Waals surface area contributed by atoms with Crippen LogP contribution in [0.4, 0.5) is 0 Å². The summed E-state index contributed by atoms with van der Waals surface area (Å²) in [6, 6.07) is 28.6. The third-order valence-corrected chi connectivity index (χ3v) is 6.89. The van der Waals surface area contributed by atoms with Gasteiger partial charge >= 0.3 is 0 Å². The van der Waals surface area contributed by atoms with E-state index in [1.807, 2.05) is 12.2 Å². The van der Waals surface area contributed by atoms with Gasteiger partial charge in [-0.05, 0) is 74.7 Å². The zero-order chi connectivity index (χ0) is 22.5. The Morgan fingerprint density at radius 2 is 1.31 bits per heavy atom. The van der Waals surface area contributed by atoms with Gasteiger partial charge in [0, 0.05) is 5.41 Å². The molecule has 4 aromatic carbocycles. The van der Waals surface area contributed by atoms with E-state index in [1.54, 1.807) is 0 Å². The van der Waals surface area contributed by atoms with Gasteiger partial charge in [0.05, 0.1) is 0 Å². The second-order valence-corrected chi connectivity index (χ2v) is 9.20. The molecular formula is C32H28. The topological polar surface area (TPSA) is 0 Å². The smallest absolute Gasteiger partial charge is 0.0159 e. The van der Waals surface area contributed by atoms with E-state index in [4.69, 9.17) is 0 Å². The number of fused-ring (bicyclic) bond motifs is 3. The van der Waals surface area contributed by atoms with Crippen LogP contribution in [0.25, 0.3) is 45.5 Å². The third kappa shape index (κ3) is 2.99. The Labute approximate surface area is 191 Å². The first-order valence-corrected chi connectivity index (χ1v) is 11.2. The minimum atomic E-state index is -0.0695. The maximum absolute atomic E-state index is 4.21. The van der Waals surface area contributed by atoms with E-state index in [0.29, 0.717) is 0 Å². The van der Waals surface area contributed by atoms with E-state index in [2.05, 4.69) is 113 Å². The molecule has 5 rings (SSSR count). The molecule has 1 aliphatic rings. The van der Waals surface area contributed by atoms with Crippen molar-refractivity contribution in [3.63, 3.8) is 0 Å². The molecule has 0 atom stereocenters. The molecule has 0 aromatic heterocycles. The fourth-order valence-electron chi connectivity index (χ4n) is 5.21. The summed E-state index contributed by atoms with van der Waals surface area (Å²) >= 11 is 0. The average Bonchev–Trinajstić information content (AvgIpc) is 3.04. The molecule has 0 aliphatic heterocycles. The van der Waals surface area contributed by atoms with E-state index in [1.165, 1.54) is 55.6 Å². The number of rotatable bonds is 4. The predicted octanol–water partition coefficient (Wildman–Crippen LogP) is 8.92. The van der Waals surface area contributed by atoms with Crippen LogP contribution in [0, 0.1) is 6.92 Å². The summed E-state index contributed by atoms with van der Waals surface area (Å²) in [5, 5.41) is 0. The first-order valence-electron chi connectivity index (χ1n) is 11.2. The Balaban J connectivity index is 1.79. The standard InChI is InChI=1S/C32H28/c1-6-25-26(7-2)31-27-17-16-21(3)18-29(27)32(4,5)30(31)20-28(25)24-15-11-14-23(19-24)22-12-9-8-10-13-22/h6-20H,1-2H2,3-5H3. The summed E-state index contributed by atoms with van der Waals surface area (Å²) in [6.07, 6.45) is 3.99. The highest BCUT2D eigenvalue weighted by atomic mass is 14.4. The van der Waals surface area contributed by atoms with Crippen molar-refractivity contribution in [2.24, 2.45) is 0 Å². The number of hydrogen-bond donors (Lipinski definition) is 0. The summed E-state index contributed by atoms with van der Waals surface area (Å²) < 4.78 is 0. The largest absolute Gasteiger partial charge is 0.0984 e. The SMILES string of the molecule is C=Cc1c(-c2cccc(-c3ccccc3)c2)cc2c(c1C=C)-c1ccc(C)cc1C2(C)C. The molecule has 0 heterocycles. The monoisotopic (exact) mass is 412 g/mol. The second kappa shape index (κ2) is 7.50. The molecule has 0 saturated carbocycles.